The summed E-state index contributed by atoms with van der Waals surface area (Å²) in [6, 6.07) is 12.9. The molecule has 0 bridgehead atoms. The highest BCUT2D eigenvalue weighted by Gasteiger charge is 1.97. The van der Waals surface area contributed by atoms with E-state index in [4.69, 9.17) is 14.6 Å². The molecular formula is C16H15NO4. The van der Waals surface area contributed by atoms with Gasteiger partial charge in [-0.1, -0.05) is 18.2 Å². The third kappa shape index (κ3) is 5.36. The van der Waals surface area contributed by atoms with Crippen LogP contribution in [0.4, 0.5) is 0 Å². The average Bonchev–Trinajstić information content (AvgIpc) is 2.52. The molecule has 0 atom stereocenters. The minimum atomic E-state index is -1.00. The lowest BCUT2D eigenvalue weighted by Gasteiger charge is -2.08. The van der Waals surface area contributed by atoms with Crippen LogP contribution >= 0.6 is 0 Å². The third-order valence-corrected chi connectivity index (χ3v) is 2.52. The van der Waals surface area contributed by atoms with Crippen LogP contribution in [0, 0.1) is 0 Å². The summed E-state index contributed by atoms with van der Waals surface area (Å²) < 4.78 is 11.0. The first-order valence-electron chi connectivity index (χ1n) is 6.42. The van der Waals surface area contributed by atoms with Gasteiger partial charge in [0.2, 0.25) is 0 Å². The van der Waals surface area contributed by atoms with Crippen molar-refractivity contribution in [2.75, 3.05) is 13.2 Å². The number of carbonyl (C=O) groups is 1. The van der Waals surface area contributed by atoms with Crippen molar-refractivity contribution in [1.82, 2.24) is 4.98 Å². The summed E-state index contributed by atoms with van der Waals surface area (Å²) >= 11 is 0. The van der Waals surface area contributed by atoms with E-state index in [1.165, 1.54) is 6.08 Å². The maximum Gasteiger partial charge on any atom is 0.328 e. The standard InChI is InChI=1S/C16H15NO4/c18-16(19)9-7-13-6-8-15(12-17-13)21-11-10-20-14-4-2-1-3-5-14/h1-9,12H,10-11H2,(H,18,19)/b9-7+. The second kappa shape index (κ2) is 7.69. The van der Waals surface area contributed by atoms with Crippen LogP contribution in [-0.4, -0.2) is 29.3 Å². The van der Waals surface area contributed by atoms with Gasteiger partial charge in [0, 0.05) is 6.08 Å². The van der Waals surface area contributed by atoms with Gasteiger partial charge in [0.25, 0.3) is 0 Å². The van der Waals surface area contributed by atoms with Gasteiger partial charge in [0.05, 0.1) is 11.9 Å². The van der Waals surface area contributed by atoms with Gasteiger partial charge in [-0.2, -0.15) is 0 Å². The molecule has 0 aliphatic carbocycles. The number of hydrogen-bond acceptors (Lipinski definition) is 4. The Kier molecular flexibility index (Phi) is 5.34. The predicted octanol–water partition coefficient (Wildman–Crippen LogP) is 2.64. The molecule has 0 amide bonds. The number of hydrogen-bond donors (Lipinski definition) is 1. The quantitative estimate of drug-likeness (QED) is 0.625. The zero-order chi connectivity index (χ0) is 14.9. The average molecular weight is 285 g/mol. The molecule has 0 saturated carbocycles. The van der Waals surface area contributed by atoms with Crippen LogP contribution in [0.25, 0.3) is 6.08 Å². The van der Waals surface area contributed by atoms with E-state index < -0.39 is 5.97 Å². The smallest absolute Gasteiger partial charge is 0.328 e. The summed E-state index contributed by atoms with van der Waals surface area (Å²) in [5, 5.41) is 8.51. The third-order valence-electron chi connectivity index (χ3n) is 2.52. The highest BCUT2D eigenvalue weighted by atomic mass is 16.5. The van der Waals surface area contributed by atoms with Gasteiger partial charge >= 0.3 is 5.97 Å². The monoisotopic (exact) mass is 285 g/mol. The Morgan fingerprint density at radius 1 is 1.05 bits per heavy atom. The summed E-state index contributed by atoms with van der Waals surface area (Å²) in [6.07, 6.45) is 4.01. The minimum Gasteiger partial charge on any atom is -0.490 e. The van der Waals surface area contributed by atoms with Crippen molar-refractivity contribution in [3.8, 4) is 11.5 Å². The summed E-state index contributed by atoms with van der Waals surface area (Å²) in [5.41, 5.74) is 0.560. The minimum absolute atomic E-state index is 0.404. The molecule has 1 N–H and O–H groups in total. The van der Waals surface area contributed by atoms with Gasteiger partial charge in [-0.15, -0.1) is 0 Å². The van der Waals surface area contributed by atoms with Crippen LogP contribution in [0.3, 0.4) is 0 Å². The number of ether oxygens (including phenoxy) is 2. The molecule has 108 valence electrons. The van der Waals surface area contributed by atoms with Crippen LogP contribution in [0.5, 0.6) is 11.5 Å². The fraction of sp³-hybridized carbons (Fsp3) is 0.125. The topological polar surface area (TPSA) is 68.7 Å². The highest BCUT2D eigenvalue weighted by molar-refractivity contribution is 5.84. The summed E-state index contributed by atoms with van der Waals surface area (Å²) in [5.74, 6) is 0.405. The molecule has 1 aromatic carbocycles. The van der Waals surface area contributed by atoms with Crippen LogP contribution in [-0.2, 0) is 4.79 Å². The van der Waals surface area contributed by atoms with Crippen LogP contribution in [0.2, 0.25) is 0 Å². The molecule has 0 radical (unpaired) electrons. The van der Waals surface area contributed by atoms with Gasteiger partial charge in [-0.3, -0.25) is 4.98 Å². The maximum absolute atomic E-state index is 10.4. The molecule has 1 heterocycles. The van der Waals surface area contributed by atoms with Gasteiger partial charge in [0.1, 0.15) is 24.7 Å². The largest absolute Gasteiger partial charge is 0.490 e. The van der Waals surface area contributed by atoms with E-state index in [1.807, 2.05) is 30.3 Å². The molecule has 2 aromatic rings. The molecule has 0 saturated heterocycles. The van der Waals surface area contributed by atoms with E-state index in [9.17, 15) is 4.79 Å². The Morgan fingerprint density at radius 2 is 1.76 bits per heavy atom. The molecule has 5 heteroatoms. The van der Waals surface area contributed by atoms with Crippen molar-refractivity contribution in [1.29, 1.82) is 0 Å². The number of pyridine rings is 1. The molecule has 0 fully saturated rings. The fourth-order valence-corrected chi connectivity index (χ4v) is 1.57. The Bertz CT molecular complexity index is 593. The molecule has 0 aliphatic rings. The second-order valence-electron chi connectivity index (χ2n) is 4.10. The fourth-order valence-electron chi connectivity index (χ4n) is 1.57. The highest BCUT2D eigenvalue weighted by Crippen LogP contribution is 2.11. The van der Waals surface area contributed by atoms with E-state index in [0.717, 1.165) is 11.8 Å². The van der Waals surface area contributed by atoms with Crippen LogP contribution in [0.15, 0.2) is 54.7 Å². The Balaban J connectivity index is 1.75. The zero-order valence-corrected chi connectivity index (χ0v) is 11.3. The van der Waals surface area contributed by atoms with Crippen LogP contribution < -0.4 is 9.47 Å². The number of nitrogens with zero attached hydrogens (tertiary/aromatic N) is 1. The molecule has 0 unspecified atom stereocenters. The summed E-state index contributed by atoms with van der Waals surface area (Å²) in [7, 11) is 0. The van der Waals surface area contributed by atoms with Crippen molar-refractivity contribution in [3.63, 3.8) is 0 Å². The Morgan fingerprint density at radius 3 is 2.38 bits per heavy atom. The van der Waals surface area contributed by atoms with E-state index in [2.05, 4.69) is 4.98 Å². The maximum atomic E-state index is 10.4. The molecule has 0 spiro atoms. The lowest BCUT2D eigenvalue weighted by molar-refractivity contribution is -0.131. The van der Waals surface area contributed by atoms with Gasteiger partial charge in [-0.25, -0.2) is 4.79 Å². The first-order chi connectivity index (χ1) is 10.2. The number of carboxylic acids is 1. The van der Waals surface area contributed by atoms with E-state index in [1.54, 1.807) is 18.3 Å². The lowest BCUT2D eigenvalue weighted by Crippen LogP contribution is -2.09. The molecular weight excluding hydrogens is 270 g/mol. The number of para-hydroxylation sites is 1. The number of aromatic nitrogens is 1. The molecule has 5 nitrogen and oxygen atoms in total. The molecule has 21 heavy (non-hydrogen) atoms. The van der Waals surface area contributed by atoms with E-state index >= 15 is 0 Å². The zero-order valence-electron chi connectivity index (χ0n) is 11.3. The second-order valence-corrected chi connectivity index (χ2v) is 4.10. The van der Waals surface area contributed by atoms with E-state index in [-0.39, 0.29) is 0 Å². The summed E-state index contributed by atoms with van der Waals surface area (Å²) in [6.45, 7) is 0.839. The van der Waals surface area contributed by atoms with Crippen molar-refractivity contribution >= 4 is 12.0 Å². The SMILES string of the molecule is O=C(O)/C=C/c1ccc(OCCOc2ccccc2)cn1. The van der Waals surface area contributed by atoms with E-state index in [0.29, 0.717) is 24.7 Å². The van der Waals surface area contributed by atoms with Crippen molar-refractivity contribution in [3.05, 3.63) is 60.4 Å². The number of benzene rings is 1. The number of carboxylic acid groups (broad SMARTS) is 1. The van der Waals surface area contributed by atoms with Crippen molar-refractivity contribution in [2.45, 2.75) is 0 Å². The first kappa shape index (κ1) is 14.6. The van der Waals surface area contributed by atoms with Gasteiger partial charge < -0.3 is 14.6 Å². The van der Waals surface area contributed by atoms with Crippen molar-refractivity contribution in [2.24, 2.45) is 0 Å². The molecule has 1 aromatic heterocycles. The summed E-state index contributed by atoms with van der Waals surface area (Å²) in [4.78, 5) is 14.4. The first-order valence-corrected chi connectivity index (χ1v) is 6.42. The molecule has 0 aliphatic heterocycles. The molecule has 2 rings (SSSR count). The van der Waals surface area contributed by atoms with Crippen LogP contribution in [0.1, 0.15) is 5.69 Å². The Hall–Kier alpha value is -2.82. The number of aliphatic carboxylic acids is 1. The van der Waals surface area contributed by atoms with Gasteiger partial charge in [-0.05, 0) is 30.3 Å². The van der Waals surface area contributed by atoms with Crippen molar-refractivity contribution < 1.29 is 19.4 Å². The predicted molar refractivity (Wildman–Crippen MR) is 78.3 cm³/mol. The Labute approximate surface area is 122 Å². The lowest BCUT2D eigenvalue weighted by atomic mass is 10.3. The number of rotatable bonds is 7. The van der Waals surface area contributed by atoms with Gasteiger partial charge in [0.15, 0.2) is 0 Å². The normalized spacial score (nSPS) is 10.5.